The lowest BCUT2D eigenvalue weighted by atomic mass is 10.2. The van der Waals surface area contributed by atoms with Crippen molar-refractivity contribution in [3.63, 3.8) is 0 Å². The quantitative estimate of drug-likeness (QED) is 0.733. The van der Waals surface area contributed by atoms with Gasteiger partial charge in [0.25, 0.3) is 0 Å². The molecule has 2 N–H and O–H groups in total. The fraction of sp³-hybridized carbons (Fsp3) is 0.133. The Morgan fingerprint density at radius 3 is 2.84 bits per heavy atom. The third kappa shape index (κ3) is 2.27. The number of aromatic nitrogens is 1. The number of hydrogen-bond acceptors (Lipinski definition) is 4. The summed E-state index contributed by atoms with van der Waals surface area (Å²) in [4.78, 5) is 4.63. The predicted molar refractivity (Wildman–Crippen MR) is 80.6 cm³/mol. The van der Waals surface area contributed by atoms with Crippen molar-refractivity contribution in [2.24, 2.45) is 0 Å². The van der Waals surface area contributed by atoms with Crippen LogP contribution in [0.5, 0.6) is 5.75 Å². The van der Waals surface area contributed by atoms with Gasteiger partial charge in [0.2, 0.25) is 0 Å². The van der Waals surface area contributed by atoms with E-state index in [1.165, 1.54) is 0 Å². The van der Waals surface area contributed by atoms with Crippen molar-refractivity contribution >= 4 is 27.2 Å². The summed E-state index contributed by atoms with van der Waals surface area (Å²) >= 11 is 1.63. The van der Waals surface area contributed by atoms with Crippen LogP contribution in [-0.4, -0.2) is 11.6 Å². The van der Waals surface area contributed by atoms with Crippen LogP contribution in [-0.2, 0) is 0 Å². The van der Waals surface area contributed by atoms with Gasteiger partial charge in [-0.25, -0.2) is 4.98 Å². The second-order valence-corrected chi connectivity index (χ2v) is 5.20. The highest BCUT2D eigenvalue weighted by atomic mass is 32.1. The van der Waals surface area contributed by atoms with Crippen LogP contribution in [0.15, 0.2) is 42.5 Å². The van der Waals surface area contributed by atoms with Crippen molar-refractivity contribution in [2.45, 2.75) is 6.92 Å². The molecule has 0 unspecified atom stereocenters. The van der Waals surface area contributed by atoms with Crippen LogP contribution in [0.1, 0.15) is 6.92 Å². The van der Waals surface area contributed by atoms with Gasteiger partial charge in [0, 0.05) is 11.3 Å². The van der Waals surface area contributed by atoms with Gasteiger partial charge in [-0.2, -0.15) is 0 Å². The molecule has 1 aromatic heterocycles. The van der Waals surface area contributed by atoms with E-state index in [1.807, 2.05) is 49.4 Å². The van der Waals surface area contributed by atoms with Gasteiger partial charge < -0.3 is 10.5 Å². The summed E-state index contributed by atoms with van der Waals surface area (Å²) in [5.74, 6) is 0.881. The number of anilines is 1. The highest BCUT2D eigenvalue weighted by Crippen LogP contribution is 2.34. The molecule has 0 saturated heterocycles. The minimum atomic E-state index is 0.669. The standard InChI is InChI=1S/C15H14N2OS/c1-2-18-10-7-8-13-14(9-10)19-15(17-13)11-5-3-4-6-12(11)16/h3-9H,2,16H2,1H3. The van der Waals surface area contributed by atoms with Gasteiger partial charge in [-0.1, -0.05) is 12.1 Å². The molecule has 0 atom stereocenters. The number of hydrogen-bond donors (Lipinski definition) is 1. The molecule has 0 fully saturated rings. The van der Waals surface area contributed by atoms with E-state index in [0.29, 0.717) is 6.61 Å². The maximum absolute atomic E-state index is 5.99. The molecule has 3 nitrogen and oxygen atoms in total. The Morgan fingerprint density at radius 1 is 1.21 bits per heavy atom. The molecule has 19 heavy (non-hydrogen) atoms. The summed E-state index contributed by atoms with van der Waals surface area (Å²) < 4.78 is 6.62. The van der Waals surface area contributed by atoms with Gasteiger partial charge in [0.15, 0.2) is 0 Å². The molecular weight excluding hydrogens is 256 g/mol. The number of nitrogens with zero attached hydrogens (tertiary/aromatic N) is 1. The number of para-hydroxylation sites is 1. The molecule has 0 bridgehead atoms. The zero-order chi connectivity index (χ0) is 13.2. The highest BCUT2D eigenvalue weighted by molar-refractivity contribution is 7.21. The van der Waals surface area contributed by atoms with Crippen molar-refractivity contribution < 1.29 is 4.74 Å². The lowest BCUT2D eigenvalue weighted by Crippen LogP contribution is -1.90. The summed E-state index contributed by atoms with van der Waals surface area (Å²) in [7, 11) is 0. The van der Waals surface area contributed by atoms with Crippen molar-refractivity contribution in [3.8, 4) is 16.3 Å². The minimum Gasteiger partial charge on any atom is -0.494 e. The molecule has 0 aliphatic carbocycles. The minimum absolute atomic E-state index is 0.669. The number of thiazole rings is 1. The molecule has 2 aromatic carbocycles. The zero-order valence-electron chi connectivity index (χ0n) is 10.6. The van der Waals surface area contributed by atoms with Crippen LogP contribution in [0.2, 0.25) is 0 Å². The van der Waals surface area contributed by atoms with Gasteiger partial charge >= 0.3 is 0 Å². The predicted octanol–water partition coefficient (Wildman–Crippen LogP) is 3.94. The third-order valence-corrected chi connectivity index (χ3v) is 3.91. The smallest absolute Gasteiger partial charge is 0.126 e. The van der Waals surface area contributed by atoms with Gasteiger partial charge in [0.05, 0.1) is 16.8 Å². The Labute approximate surface area is 115 Å². The summed E-state index contributed by atoms with van der Waals surface area (Å²) in [6.07, 6.45) is 0. The molecule has 4 heteroatoms. The number of nitrogen functional groups attached to an aromatic ring is 1. The highest BCUT2D eigenvalue weighted by Gasteiger charge is 2.09. The Bertz CT molecular complexity index is 721. The Hall–Kier alpha value is -2.07. The second kappa shape index (κ2) is 4.90. The average Bonchev–Trinajstić information content (AvgIpc) is 2.82. The monoisotopic (exact) mass is 270 g/mol. The van der Waals surface area contributed by atoms with E-state index in [2.05, 4.69) is 4.98 Å². The maximum Gasteiger partial charge on any atom is 0.126 e. The molecule has 0 amide bonds. The molecule has 1 heterocycles. The SMILES string of the molecule is CCOc1ccc2nc(-c3ccccc3N)sc2c1. The van der Waals surface area contributed by atoms with E-state index in [0.717, 1.165) is 32.2 Å². The van der Waals surface area contributed by atoms with E-state index in [1.54, 1.807) is 11.3 Å². The Balaban J connectivity index is 2.09. The van der Waals surface area contributed by atoms with Gasteiger partial charge in [-0.05, 0) is 37.3 Å². The molecular formula is C15H14N2OS. The van der Waals surface area contributed by atoms with Crippen molar-refractivity contribution in [2.75, 3.05) is 12.3 Å². The van der Waals surface area contributed by atoms with E-state index in [4.69, 9.17) is 10.5 Å². The molecule has 0 spiro atoms. The first-order valence-corrected chi connectivity index (χ1v) is 6.98. The van der Waals surface area contributed by atoms with E-state index >= 15 is 0 Å². The van der Waals surface area contributed by atoms with Gasteiger partial charge in [0.1, 0.15) is 10.8 Å². The van der Waals surface area contributed by atoms with Crippen LogP contribution >= 0.6 is 11.3 Å². The molecule has 0 radical (unpaired) electrons. The lowest BCUT2D eigenvalue weighted by Gasteiger charge is -2.00. The summed E-state index contributed by atoms with van der Waals surface area (Å²) in [6, 6.07) is 13.8. The molecule has 3 aromatic rings. The first kappa shape index (κ1) is 12.0. The number of ether oxygens (including phenoxy) is 1. The first-order valence-electron chi connectivity index (χ1n) is 6.16. The zero-order valence-corrected chi connectivity index (χ0v) is 11.4. The van der Waals surface area contributed by atoms with Crippen molar-refractivity contribution in [1.82, 2.24) is 4.98 Å². The maximum atomic E-state index is 5.99. The molecule has 96 valence electrons. The lowest BCUT2D eigenvalue weighted by molar-refractivity contribution is 0.341. The average molecular weight is 270 g/mol. The number of fused-ring (bicyclic) bond motifs is 1. The number of rotatable bonds is 3. The summed E-state index contributed by atoms with van der Waals surface area (Å²) in [6.45, 7) is 2.65. The van der Waals surface area contributed by atoms with E-state index in [-0.39, 0.29) is 0 Å². The van der Waals surface area contributed by atoms with Crippen LogP contribution in [0.25, 0.3) is 20.8 Å². The molecule has 0 aliphatic heterocycles. The topological polar surface area (TPSA) is 48.1 Å². The summed E-state index contributed by atoms with van der Waals surface area (Å²) in [5.41, 5.74) is 8.72. The third-order valence-electron chi connectivity index (χ3n) is 2.86. The normalized spacial score (nSPS) is 10.8. The van der Waals surface area contributed by atoms with Crippen LogP contribution in [0, 0.1) is 0 Å². The van der Waals surface area contributed by atoms with Crippen molar-refractivity contribution in [3.05, 3.63) is 42.5 Å². The van der Waals surface area contributed by atoms with Crippen LogP contribution in [0.4, 0.5) is 5.69 Å². The van der Waals surface area contributed by atoms with Crippen LogP contribution < -0.4 is 10.5 Å². The second-order valence-electron chi connectivity index (χ2n) is 4.17. The Morgan fingerprint density at radius 2 is 2.05 bits per heavy atom. The molecule has 0 saturated carbocycles. The molecule has 3 rings (SSSR count). The fourth-order valence-corrected chi connectivity index (χ4v) is 3.01. The largest absolute Gasteiger partial charge is 0.494 e. The fourth-order valence-electron chi connectivity index (χ4n) is 1.97. The number of benzene rings is 2. The first-order chi connectivity index (χ1) is 9.28. The molecule has 0 aliphatic rings. The number of nitrogens with two attached hydrogens (primary N) is 1. The summed E-state index contributed by atoms with van der Waals surface area (Å²) in [5, 5.41) is 0.946. The van der Waals surface area contributed by atoms with E-state index in [9.17, 15) is 0 Å². The van der Waals surface area contributed by atoms with Crippen LogP contribution in [0.3, 0.4) is 0 Å². The van der Waals surface area contributed by atoms with Gasteiger partial charge in [-0.3, -0.25) is 0 Å². The van der Waals surface area contributed by atoms with Gasteiger partial charge in [-0.15, -0.1) is 11.3 Å². The van der Waals surface area contributed by atoms with Crippen molar-refractivity contribution in [1.29, 1.82) is 0 Å². The Kier molecular flexibility index (Phi) is 3.09. The van der Waals surface area contributed by atoms with E-state index < -0.39 is 0 Å².